The van der Waals surface area contributed by atoms with Crippen molar-refractivity contribution in [3.05, 3.63) is 0 Å². The molecule has 0 N–H and O–H groups in total. The van der Waals surface area contributed by atoms with Gasteiger partial charge < -0.3 is 0 Å². The maximum Gasteiger partial charge on any atom is 0.0698 e. The first-order valence-corrected chi connectivity index (χ1v) is 3.98. The second-order valence-corrected chi connectivity index (χ2v) is 3.07. The normalized spacial score (nSPS) is 23.6. The molecule has 1 fully saturated rings. The van der Waals surface area contributed by atoms with Crippen LogP contribution in [-0.4, -0.2) is 5.75 Å². The Kier molecular flexibility index (Phi) is 2.02. The average Bonchev–Trinajstić information content (AvgIpc) is 2.36. The second kappa shape index (κ2) is 2.62. The van der Waals surface area contributed by atoms with Crippen LogP contribution in [0.2, 0.25) is 0 Å². The van der Waals surface area contributed by atoms with Gasteiger partial charge in [-0.15, -0.1) is 0 Å². The minimum Gasteiger partial charge on any atom is -0.198 e. The van der Waals surface area contributed by atoms with E-state index in [-0.39, 0.29) is 5.41 Å². The lowest BCUT2D eigenvalue weighted by atomic mass is 9.91. The summed E-state index contributed by atoms with van der Waals surface area (Å²) in [6.45, 7) is 0. The van der Waals surface area contributed by atoms with E-state index in [4.69, 9.17) is 5.26 Å². The molecule has 0 heterocycles. The minimum atomic E-state index is -0.0525. The molecule has 2 heteroatoms. The molecule has 50 valence electrons. The summed E-state index contributed by atoms with van der Waals surface area (Å²) in [7, 11) is 0. The van der Waals surface area contributed by atoms with Crippen LogP contribution in [0, 0.1) is 16.7 Å². The van der Waals surface area contributed by atoms with E-state index in [1.807, 2.05) is 0 Å². The number of hydrogen-bond donors (Lipinski definition) is 1. The molecule has 1 nitrogen and oxygen atoms in total. The topological polar surface area (TPSA) is 23.8 Å². The van der Waals surface area contributed by atoms with Crippen LogP contribution in [-0.2, 0) is 0 Å². The van der Waals surface area contributed by atoms with Crippen LogP contribution in [0.5, 0.6) is 0 Å². The van der Waals surface area contributed by atoms with Gasteiger partial charge in [0, 0.05) is 5.75 Å². The standard InChI is InChI=1S/C7H11NS/c8-5-7(6-9)3-1-2-4-7/h9H,1-4,6H2. The van der Waals surface area contributed by atoms with E-state index in [1.54, 1.807) is 0 Å². The molecule has 1 aliphatic rings. The Bertz CT molecular complexity index is 130. The number of nitrogens with zero attached hydrogens (tertiary/aromatic N) is 1. The lowest BCUT2D eigenvalue weighted by Crippen LogP contribution is -2.14. The maximum absolute atomic E-state index is 8.72. The van der Waals surface area contributed by atoms with Gasteiger partial charge in [-0.2, -0.15) is 17.9 Å². The van der Waals surface area contributed by atoms with Crippen molar-refractivity contribution < 1.29 is 0 Å². The minimum absolute atomic E-state index is 0.0525. The van der Waals surface area contributed by atoms with Gasteiger partial charge in [0.25, 0.3) is 0 Å². The quantitative estimate of drug-likeness (QED) is 0.555. The van der Waals surface area contributed by atoms with Crippen molar-refractivity contribution in [2.45, 2.75) is 25.7 Å². The summed E-state index contributed by atoms with van der Waals surface area (Å²) in [5, 5.41) is 8.72. The highest BCUT2D eigenvalue weighted by atomic mass is 32.1. The lowest BCUT2D eigenvalue weighted by molar-refractivity contribution is 0.473. The third kappa shape index (κ3) is 1.21. The lowest BCUT2D eigenvalue weighted by Gasteiger charge is -2.15. The highest BCUT2D eigenvalue weighted by Crippen LogP contribution is 2.37. The van der Waals surface area contributed by atoms with Crippen LogP contribution in [0.1, 0.15) is 25.7 Å². The molecule has 0 amide bonds. The van der Waals surface area contributed by atoms with Crippen molar-refractivity contribution in [3.8, 4) is 6.07 Å². The summed E-state index contributed by atoms with van der Waals surface area (Å²) >= 11 is 4.16. The van der Waals surface area contributed by atoms with E-state index in [1.165, 1.54) is 12.8 Å². The highest BCUT2D eigenvalue weighted by Gasteiger charge is 2.31. The van der Waals surface area contributed by atoms with Gasteiger partial charge in [-0.3, -0.25) is 0 Å². The monoisotopic (exact) mass is 141 g/mol. The molecule has 0 saturated heterocycles. The Morgan fingerprint density at radius 3 is 2.22 bits per heavy atom. The van der Waals surface area contributed by atoms with Gasteiger partial charge in [-0.25, -0.2) is 0 Å². The number of nitriles is 1. The Labute approximate surface area is 61.5 Å². The predicted molar refractivity (Wildman–Crippen MR) is 40.4 cm³/mol. The molecule has 0 aliphatic heterocycles. The Morgan fingerprint density at radius 2 is 2.00 bits per heavy atom. The molecule has 9 heavy (non-hydrogen) atoms. The molecule has 0 aromatic heterocycles. The van der Waals surface area contributed by atoms with Crippen molar-refractivity contribution in [2.24, 2.45) is 5.41 Å². The maximum atomic E-state index is 8.72. The van der Waals surface area contributed by atoms with Gasteiger partial charge >= 0.3 is 0 Å². The number of thiol groups is 1. The van der Waals surface area contributed by atoms with Gasteiger partial charge in [0.05, 0.1) is 11.5 Å². The molecule has 0 spiro atoms. The number of rotatable bonds is 1. The Morgan fingerprint density at radius 1 is 1.44 bits per heavy atom. The van der Waals surface area contributed by atoms with Crippen LogP contribution >= 0.6 is 12.6 Å². The smallest absolute Gasteiger partial charge is 0.0698 e. The molecule has 0 unspecified atom stereocenters. The van der Waals surface area contributed by atoms with Crippen molar-refractivity contribution >= 4 is 12.6 Å². The van der Waals surface area contributed by atoms with Crippen LogP contribution in [0.15, 0.2) is 0 Å². The summed E-state index contributed by atoms with van der Waals surface area (Å²) in [5.41, 5.74) is -0.0525. The first-order chi connectivity index (χ1) is 4.33. The van der Waals surface area contributed by atoms with Crippen LogP contribution < -0.4 is 0 Å². The molecule has 0 atom stereocenters. The molecule has 0 aromatic rings. The molecule has 1 saturated carbocycles. The van der Waals surface area contributed by atoms with Crippen molar-refractivity contribution in [3.63, 3.8) is 0 Å². The molecule has 0 bridgehead atoms. The SMILES string of the molecule is N#CC1(CS)CCCC1. The van der Waals surface area contributed by atoms with E-state index in [2.05, 4.69) is 18.7 Å². The molecule has 0 aromatic carbocycles. The summed E-state index contributed by atoms with van der Waals surface area (Å²) in [4.78, 5) is 0. The zero-order valence-electron chi connectivity index (χ0n) is 5.43. The molecule has 1 aliphatic carbocycles. The zero-order valence-corrected chi connectivity index (χ0v) is 6.32. The van der Waals surface area contributed by atoms with Gasteiger partial charge in [0.15, 0.2) is 0 Å². The van der Waals surface area contributed by atoms with Crippen molar-refractivity contribution in [1.29, 1.82) is 5.26 Å². The van der Waals surface area contributed by atoms with Crippen LogP contribution in [0.3, 0.4) is 0 Å². The third-order valence-electron chi connectivity index (χ3n) is 2.10. The Hall–Kier alpha value is -0.160. The van der Waals surface area contributed by atoms with Crippen LogP contribution in [0.4, 0.5) is 0 Å². The van der Waals surface area contributed by atoms with E-state index in [9.17, 15) is 0 Å². The van der Waals surface area contributed by atoms with Crippen molar-refractivity contribution in [2.75, 3.05) is 5.75 Å². The fourth-order valence-corrected chi connectivity index (χ4v) is 1.74. The van der Waals surface area contributed by atoms with E-state index in [0.29, 0.717) is 0 Å². The largest absolute Gasteiger partial charge is 0.198 e. The average molecular weight is 141 g/mol. The molecular formula is C7H11NS. The van der Waals surface area contributed by atoms with E-state index < -0.39 is 0 Å². The van der Waals surface area contributed by atoms with Crippen molar-refractivity contribution in [1.82, 2.24) is 0 Å². The van der Waals surface area contributed by atoms with E-state index >= 15 is 0 Å². The van der Waals surface area contributed by atoms with E-state index in [0.717, 1.165) is 18.6 Å². The second-order valence-electron chi connectivity index (χ2n) is 2.76. The summed E-state index contributed by atoms with van der Waals surface area (Å²) in [6, 6.07) is 2.35. The number of hydrogen-bond acceptors (Lipinski definition) is 2. The molecule has 0 radical (unpaired) electrons. The van der Waals surface area contributed by atoms with Crippen LogP contribution in [0.25, 0.3) is 0 Å². The van der Waals surface area contributed by atoms with Gasteiger partial charge in [-0.05, 0) is 12.8 Å². The predicted octanol–water partition coefficient (Wildman–Crippen LogP) is 2.00. The Balaban J connectivity index is 2.59. The first-order valence-electron chi connectivity index (χ1n) is 3.35. The van der Waals surface area contributed by atoms with Gasteiger partial charge in [0.1, 0.15) is 0 Å². The molecular weight excluding hydrogens is 130 g/mol. The fourth-order valence-electron chi connectivity index (χ4n) is 1.36. The summed E-state index contributed by atoms with van der Waals surface area (Å²) in [6.07, 6.45) is 4.56. The fraction of sp³-hybridized carbons (Fsp3) is 0.857. The third-order valence-corrected chi connectivity index (χ3v) is 2.71. The van der Waals surface area contributed by atoms with Gasteiger partial charge in [-0.1, -0.05) is 12.8 Å². The zero-order chi connectivity index (χ0) is 6.74. The first kappa shape index (κ1) is 6.95. The molecule has 1 rings (SSSR count). The summed E-state index contributed by atoms with van der Waals surface area (Å²) in [5.74, 6) is 0.740. The summed E-state index contributed by atoms with van der Waals surface area (Å²) < 4.78 is 0. The highest BCUT2D eigenvalue weighted by molar-refractivity contribution is 7.80. The van der Waals surface area contributed by atoms with Gasteiger partial charge in [0.2, 0.25) is 0 Å².